The number of amides is 1. The molecule has 2 rings (SSSR count). The number of hydrogen-bond donors (Lipinski definition) is 1. The zero-order chi connectivity index (χ0) is 13.0. The molecule has 1 N–H and O–H groups in total. The number of carbonyl (C=O) groups is 1. The fourth-order valence-corrected chi connectivity index (χ4v) is 1.71. The first-order valence-corrected chi connectivity index (χ1v) is 6.19. The summed E-state index contributed by atoms with van der Waals surface area (Å²) < 4.78 is 5.32. The zero-order valence-corrected chi connectivity index (χ0v) is 10.7. The maximum absolute atomic E-state index is 11.8. The van der Waals surface area contributed by atoms with Crippen molar-refractivity contribution in [3.05, 3.63) is 35.9 Å². The highest BCUT2D eigenvalue weighted by Gasteiger charge is 2.25. The Labute approximate surface area is 107 Å². The molecule has 0 saturated heterocycles. The molecule has 0 aliphatic carbocycles. The summed E-state index contributed by atoms with van der Waals surface area (Å²) in [5.41, 5.74) is 1.06. The van der Waals surface area contributed by atoms with Gasteiger partial charge in [0.1, 0.15) is 6.61 Å². The molecule has 1 heterocycles. The van der Waals surface area contributed by atoms with Gasteiger partial charge in [-0.1, -0.05) is 44.2 Å². The molecule has 1 atom stereocenters. The van der Waals surface area contributed by atoms with Gasteiger partial charge in [0.15, 0.2) is 0 Å². The Balaban J connectivity index is 1.88. The third kappa shape index (κ3) is 3.09. The molecule has 4 nitrogen and oxygen atoms in total. The fourth-order valence-electron chi connectivity index (χ4n) is 1.71. The molecule has 1 amide bonds. The van der Waals surface area contributed by atoms with Crippen LogP contribution in [0.2, 0.25) is 0 Å². The first-order valence-electron chi connectivity index (χ1n) is 6.19. The van der Waals surface area contributed by atoms with Gasteiger partial charge in [0.25, 0.3) is 5.90 Å². The van der Waals surface area contributed by atoms with Crippen LogP contribution in [0.5, 0.6) is 0 Å². The third-order valence-electron chi connectivity index (χ3n) is 2.93. The number of carbonyl (C=O) groups excluding carboxylic acids is 1. The topological polar surface area (TPSA) is 50.7 Å². The first-order chi connectivity index (χ1) is 8.66. The van der Waals surface area contributed by atoms with E-state index >= 15 is 0 Å². The molecule has 0 fully saturated rings. The predicted molar refractivity (Wildman–Crippen MR) is 70.3 cm³/mol. The Hall–Kier alpha value is -1.84. The quantitative estimate of drug-likeness (QED) is 0.880. The minimum atomic E-state index is -0.234. The van der Waals surface area contributed by atoms with E-state index in [4.69, 9.17) is 4.74 Å². The van der Waals surface area contributed by atoms with Crippen molar-refractivity contribution in [3.63, 3.8) is 0 Å². The molecule has 18 heavy (non-hydrogen) atoms. The summed E-state index contributed by atoms with van der Waals surface area (Å²) in [5.74, 6) is 0.371. The first kappa shape index (κ1) is 12.6. The van der Waals surface area contributed by atoms with Crippen LogP contribution in [0, 0.1) is 5.92 Å². The van der Waals surface area contributed by atoms with Gasteiger partial charge in [-0.05, 0) is 11.5 Å². The highest BCUT2D eigenvalue weighted by atomic mass is 16.5. The second-order valence-corrected chi connectivity index (χ2v) is 4.72. The average Bonchev–Trinajstić information content (AvgIpc) is 2.87. The van der Waals surface area contributed by atoms with Crippen LogP contribution < -0.4 is 5.32 Å². The highest BCUT2D eigenvalue weighted by molar-refractivity contribution is 6.35. The van der Waals surface area contributed by atoms with Crippen LogP contribution >= 0.6 is 0 Å². The van der Waals surface area contributed by atoms with Crippen molar-refractivity contribution in [2.75, 3.05) is 6.61 Å². The molecule has 1 aliphatic heterocycles. The monoisotopic (exact) mass is 246 g/mol. The van der Waals surface area contributed by atoms with Crippen LogP contribution in [0.4, 0.5) is 0 Å². The maximum Gasteiger partial charge on any atom is 0.306 e. The number of benzene rings is 1. The van der Waals surface area contributed by atoms with E-state index < -0.39 is 0 Å². The molecule has 0 bridgehead atoms. The van der Waals surface area contributed by atoms with Gasteiger partial charge in [0, 0.05) is 6.54 Å². The summed E-state index contributed by atoms with van der Waals surface area (Å²) in [5, 5.41) is 2.81. The number of aliphatic imine (C=N–C) groups is 1. The average molecular weight is 246 g/mol. The molecule has 0 unspecified atom stereocenters. The second kappa shape index (κ2) is 5.67. The lowest BCUT2D eigenvalue weighted by atomic mass is 10.1. The van der Waals surface area contributed by atoms with Gasteiger partial charge in [-0.15, -0.1) is 0 Å². The van der Waals surface area contributed by atoms with Gasteiger partial charge in [-0.3, -0.25) is 4.79 Å². The van der Waals surface area contributed by atoms with Gasteiger partial charge < -0.3 is 10.1 Å². The second-order valence-electron chi connectivity index (χ2n) is 4.72. The Morgan fingerprint density at radius 2 is 2.17 bits per heavy atom. The van der Waals surface area contributed by atoms with Crippen LogP contribution in [0.1, 0.15) is 19.4 Å². The molecule has 1 aromatic rings. The number of rotatable bonds is 4. The smallest absolute Gasteiger partial charge is 0.306 e. The Morgan fingerprint density at radius 1 is 1.44 bits per heavy atom. The van der Waals surface area contributed by atoms with Gasteiger partial charge in [0.2, 0.25) is 0 Å². The number of hydrogen-bond acceptors (Lipinski definition) is 3. The number of nitrogens with one attached hydrogen (secondary N) is 1. The SMILES string of the molecule is CC(C)[C@H]1COC(C(=O)NCc2ccccc2)=N1. The number of nitrogens with zero attached hydrogens (tertiary/aromatic N) is 1. The predicted octanol–water partition coefficient (Wildman–Crippen LogP) is 1.76. The van der Waals surface area contributed by atoms with Gasteiger partial charge in [-0.2, -0.15) is 0 Å². The van der Waals surface area contributed by atoms with Gasteiger partial charge in [0.05, 0.1) is 6.04 Å². The molecular formula is C14H18N2O2. The largest absolute Gasteiger partial charge is 0.472 e. The lowest BCUT2D eigenvalue weighted by Gasteiger charge is -2.06. The lowest BCUT2D eigenvalue weighted by Crippen LogP contribution is -2.30. The molecule has 0 spiro atoms. The van der Waals surface area contributed by atoms with E-state index in [2.05, 4.69) is 24.2 Å². The molecule has 4 heteroatoms. The van der Waals surface area contributed by atoms with Crippen molar-refractivity contribution in [1.82, 2.24) is 5.32 Å². The maximum atomic E-state index is 11.8. The molecular weight excluding hydrogens is 228 g/mol. The fraction of sp³-hybridized carbons (Fsp3) is 0.429. The van der Waals surface area contributed by atoms with Crippen molar-refractivity contribution in [2.45, 2.75) is 26.4 Å². The zero-order valence-electron chi connectivity index (χ0n) is 10.7. The normalized spacial score (nSPS) is 18.4. The molecule has 0 saturated carbocycles. The van der Waals surface area contributed by atoms with E-state index in [1.165, 1.54) is 0 Å². The summed E-state index contributed by atoms with van der Waals surface area (Å²) in [6.45, 7) is 5.14. The van der Waals surface area contributed by atoms with Gasteiger partial charge in [-0.25, -0.2) is 4.99 Å². The van der Waals surface area contributed by atoms with Crippen molar-refractivity contribution >= 4 is 11.8 Å². The summed E-state index contributed by atoms with van der Waals surface area (Å²) >= 11 is 0. The van der Waals surface area contributed by atoms with Crippen molar-refractivity contribution in [2.24, 2.45) is 10.9 Å². The summed E-state index contributed by atoms with van der Waals surface area (Å²) in [4.78, 5) is 16.1. The van der Waals surface area contributed by atoms with E-state index in [-0.39, 0.29) is 17.8 Å². The van der Waals surface area contributed by atoms with E-state index in [0.717, 1.165) is 5.56 Å². The van der Waals surface area contributed by atoms with E-state index in [1.807, 2.05) is 30.3 Å². The molecule has 0 aromatic heterocycles. The Morgan fingerprint density at radius 3 is 2.78 bits per heavy atom. The summed E-state index contributed by atoms with van der Waals surface area (Å²) in [7, 11) is 0. The van der Waals surface area contributed by atoms with E-state index in [9.17, 15) is 4.79 Å². The standard InChI is InChI=1S/C14H18N2O2/c1-10(2)12-9-18-14(16-12)13(17)15-8-11-6-4-3-5-7-11/h3-7,10,12H,8-9H2,1-2H3,(H,15,17)/t12-/m1/s1. The van der Waals surface area contributed by atoms with Crippen LogP contribution in [-0.2, 0) is 16.1 Å². The highest BCUT2D eigenvalue weighted by Crippen LogP contribution is 2.13. The lowest BCUT2D eigenvalue weighted by molar-refractivity contribution is -0.116. The van der Waals surface area contributed by atoms with Crippen LogP contribution in [0.25, 0.3) is 0 Å². The minimum Gasteiger partial charge on any atom is -0.472 e. The van der Waals surface area contributed by atoms with Crippen molar-refractivity contribution < 1.29 is 9.53 Å². The Kier molecular flexibility index (Phi) is 3.97. The number of ether oxygens (including phenoxy) is 1. The van der Waals surface area contributed by atoms with Crippen molar-refractivity contribution in [3.8, 4) is 0 Å². The van der Waals surface area contributed by atoms with E-state index in [0.29, 0.717) is 19.1 Å². The molecule has 0 radical (unpaired) electrons. The van der Waals surface area contributed by atoms with Gasteiger partial charge >= 0.3 is 5.91 Å². The summed E-state index contributed by atoms with van der Waals surface area (Å²) in [6.07, 6.45) is 0. The van der Waals surface area contributed by atoms with Crippen LogP contribution in [0.15, 0.2) is 35.3 Å². The molecule has 1 aliphatic rings. The third-order valence-corrected chi connectivity index (χ3v) is 2.93. The van der Waals surface area contributed by atoms with Crippen LogP contribution in [-0.4, -0.2) is 24.5 Å². The Bertz CT molecular complexity index is 440. The minimum absolute atomic E-state index is 0.0995. The molecule has 1 aromatic carbocycles. The molecule has 96 valence electrons. The summed E-state index contributed by atoms with van der Waals surface area (Å²) in [6, 6.07) is 9.87. The van der Waals surface area contributed by atoms with Crippen LogP contribution in [0.3, 0.4) is 0 Å². The van der Waals surface area contributed by atoms with Crippen molar-refractivity contribution in [1.29, 1.82) is 0 Å². The van der Waals surface area contributed by atoms with E-state index in [1.54, 1.807) is 0 Å².